The first-order valence-electron chi connectivity index (χ1n) is 17.2. The van der Waals surface area contributed by atoms with E-state index in [9.17, 15) is 0 Å². The van der Waals surface area contributed by atoms with Crippen LogP contribution in [0.3, 0.4) is 0 Å². The van der Waals surface area contributed by atoms with Crippen molar-refractivity contribution in [1.29, 1.82) is 0 Å². The van der Waals surface area contributed by atoms with E-state index in [0.29, 0.717) is 0 Å². The first kappa shape index (κ1) is 31.0. The van der Waals surface area contributed by atoms with Crippen LogP contribution in [0.4, 0.5) is 0 Å². The van der Waals surface area contributed by atoms with Crippen molar-refractivity contribution in [1.82, 2.24) is 0 Å². The van der Waals surface area contributed by atoms with E-state index in [1.54, 1.807) is 0 Å². The van der Waals surface area contributed by atoms with Crippen molar-refractivity contribution < 1.29 is 9.47 Å². The Bertz CT molecular complexity index is 824. The molecule has 4 rings (SSSR count). The van der Waals surface area contributed by atoms with Crippen molar-refractivity contribution >= 4 is 0 Å². The summed E-state index contributed by atoms with van der Waals surface area (Å²) < 4.78 is 12.2. The third-order valence-electron chi connectivity index (χ3n) is 9.96. The topological polar surface area (TPSA) is 18.5 Å². The third-order valence-corrected chi connectivity index (χ3v) is 9.96. The second-order valence-corrected chi connectivity index (χ2v) is 13.1. The number of unbranched alkanes of at least 4 members (excludes halogenated alkanes) is 2. The maximum Gasteiger partial charge on any atom is 0.119 e. The van der Waals surface area contributed by atoms with Crippen LogP contribution < -0.4 is 9.47 Å². The Kier molecular flexibility index (Phi) is 13.8. The van der Waals surface area contributed by atoms with Gasteiger partial charge in [-0.15, -0.1) is 0 Å². The molecule has 2 aliphatic rings. The van der Waals surface area contributed by atoms with E-state index in [0.717, 1.165) is 48.4 Å². The number of rotatable bonds is 17. The lowest BCUT2D eigenvalue weighted by Crippen LogP contribution is -2.15. The van der Waals surface area contributed by atoms with Gasteiger partial charge in [-0.25, -0.2) is 0 Å². The Morgan fingerprint density at radius 2 is 0.750 bits per heavy atom. The van der Waals surface area contributed by atoms with E-state index in [1.165, 1.54) is 127 Å². The number of benzene rings is 2. The molecule has 2 aromatic carbocycles. The molecule has 0 spiro atoms. The summed E-state index contributed by atoms with van der Waals surface area (Å²) in [5.41, 5.74) is 2.46. The lowest BCUT2D eigenvalue weighted by molar-refractivity contribution is 0.228. The third kappa shape index (κ3) is 10.8. The van der Waals surface area contributed by atoms with Crippen molar-refractivity contribution in [3.05, 3.63) is 48.5 Å². The molecular formula is C38H58O2. The normalized spacial score (nSPS) is 23.1. The Morgan fingerprint density at radius 1 is 0.450 bits per heavy atom. The standard InChI is InChI=1S/C38H58O2/c1-3-5-9-31-13-17-33(18-14-31)11-7-29-39-37-25-21-35(22-26-37)36-23-27-38(28-24-36)40-30-8-12-34-19-15-32(16-20-34)10-6-4-2/h21-28,31-34H,3-20,29-30H2,1-2H3/t31-,32-,33-,34-. The molecule has 0 saturated heterocycles. The Morgan fingerprint density at radius 3 is 1.05 bits per heavy atom. The summed E-state index contributed by atoms with van der Waals surface area (Å²) in [7, 11) is 0. The van der Waals surface area contributed by atoms with E-state index in [2.05, 4.69) is 62.4 Å². The van der Waals surface area contributed by atoms with E-state index < -0.39 is 0 Å². The molecule has 0 radical (unpaired) electrons. The fraction of sp³-hybridized carbons (Fsp3) is 0.684. The largest absolute Gasteiger partial charge is 0.494 e. The van der Waals surface area contributed by atoms with Gasteiger partial charge in [-0.05, 0) is 84.7 Å². The summed E-state index contributed by atoms with van der Waals surface area (Å²) in [6.45, 7) is 6.30. The minimum atomic E-state index is 0.835. The smallest absolute Gasteiger partial charge is 0.119 e. The number of ether oxygens (including phenoxy) is 2. The van der Waals surface area contributed by atoms with Gasteiger partial charge in [-0.1, -0.05) is 128 Å². The molecule has 0 amide bonds. The molecule has 0 unspecified atom stereocenters. The highest BCUT2D eigenvalue weighted by atomic mass is 16.5. The molecule has 2 nitrogen and oxygen atoms in total. The van der Waals surface area contributed by atoms with Crippen LogP contribution in [0.5, 0.6) is 11.5 Å². The van der Waals surface area contributed by atoms with E-state index in [4.69, 9.17) is 9.47 Å². The lowest BCUT2D eigenvalue weighted by Gasteiger charge is -2.28. The highest BCUT2D eigenvalue weighted by Crippen LogP contribution is 2.35. The van der Waals surface area contributed by atoms with Gasteiger partial charge in [0.15, 0.2) is 0 Å². The highest BCUT2D eigenvalue weighted by molar-refractivity contribution is 5.64. The van der Waals surface area contributed by atoms with Crippen molar-refractivity contribution in [2.75, 3.05) is 13.2 Å². The second-order valence-electron chi connectivity index (χ2n) is 13.1. The minimum Gasteiger partial charge on any atom is -0.494 e. The summed E-state index contributed by atoms with van der Waals surface area (Å²) >= 11 is 0. The van der Waals surface area contributed by atoms with Gasteiger partial charge in [0.05, 0.1) is 13.2 Å². The SMILES string of the molecule is CCCC[C@H]1CC[C@H](CCCOc2ccc(-c3ccc(OCCC[C@H]4CC[C@H](CCCC)CC4)cc3)cc2)CC1. The molecule has 0 aromatic heterocycles. The predicted octanol–water partition coefficient (Wildman–Crippen LogP) is 11.7. The van der Waals surface area contributed by atoms with Crippen molar-refractivity contribution in [3.8, 4) is 22.6 Å². The average molecular weight is 547 g/mol. The van der Waals surface area contributed by atoms with Crippen molar-refractivity contribution in [2.24, 2.45) is 23.7 Å². The van der Waals surface area contributed by atoms with Gasteiger partial charge in [0.1, 0.15) is 11.5 Å². The minimum absolute atomic E-state index is 0.835. The van der Waals surface area contributed by atoms with Crippen molar-refractivity contribution in [2.45, 2.75) is 129 Å². The second kappa shape index (κ2) is 17.8. The summed E-state index contributed by atoms with van der Waals surface area (Å²) in [6.07, 6.45) is 25.0. The molecule has 2 saturated carbocycles. The first-order chi connectivity index (χ1) is 19.7. The monoisotopic (exact) mass is 546 g/mol. The predicted molar refractivity (Wildman–Crippen MR) is 171 cm³/mol. The van der Waals surface area contributed by atoms with E-state index in [-0.39, 0.29) is 0 Å². The maximum atomic E-state index is 6.08. The molecule has 0 atom stereocenters. The summed E-state index contributed by atoms with van der Waals surface area (Å²) in [5, 5.41) is 0. The molecule has 2 heteroatoms. The van der Waals surface area contributed by atoms with Gasteiger partial charge in [0, 0.05) is 0 Å². The van der Waals surface area contributed by atoms with Crippen LogP contribution in [0.25, 0.3) is 11.1 Å². The van der Waals surface area contributed by atoms with Gasteiger partial charge in [-0.2, -0.15) is 0 Å². The van der Waals surface area contributed by atoms with Crippen LogP contribution in [0.2, 0.25) is 0 Å². The Labute approximate surface area is 246 Å². The maximum absolute atomic E-state index is 6.08. The highest BCUT2D eigenvalue weighted by Gasteiger charge is 2.21. The zero-order chi connectivity index (χ0) is 27.8. The number of hydrogen-bond acceptors (Lipinski definition) is 2. The summed E-state index contributed by atoms with van der Waals surface area (Å²) in [4.78, 5) is 0. The van der Waals surface area contributed by atoms with Crippen LogP contribution in [0.15, 0.2) is 48.5 Å². The van der Waals surface area contributed by atoms with Gasteiger partial charge in [0.25, 0.3) is 0 Å². The Balaban J connectivity index is 1.07. The van der Waals surface area contributed by atoms with Gasteiger partial charge < -0.3 is 9.47 Å². The molecular weight excluding hydrogens is 488 g/mol. The molecule has 0 bridgehead atoms. The molecule has 222 valence electrons. The van der Waals surface area contributed by atoms with Crippen molar-refractivity contribution in [3.63, 3.8) is 0 Å². The molecule has 2 aromatic rings. The molecule has 0 aliphatic heterocycles. The van der Waals surface area contributed by atoms with Crippen LogP contribution in [0.1, 0.15) is 129 Å². The fourth-order valence-electron chi connectivity index (χ4n) is 7.21. The fourth-order valence-corrected chi connectivity index (χ4v) is 7.21. The van der Waals surface area contributed by atoms with Crippen LogP contribution in [0, 0.1) is 23.7 Å². The van der Waals surface area contributed by atoms with Gasteiger partial charge in [0.2, 0.25) is 0 Å². The molecule has 2 aliphatic carbocycles. The average Bonchev–Trinajstić information content (AvgIpc) is 3.01. The zero-order valence-electron chi connectivity index (χ0n) is 25.9. The van der Waals surface area contributed by atoms with Crippen LogP contribution in [-0.4, -0.2) is 13.2 Å². The number of hydrogen-bond donors (Lipinski definition) is 0. The molecule has 2 fully saturated rings. The summed E-state index contributed by atoms with van der Waals surface area (Å²) in [5.74, 6) is 5.85. The summed E-state index contributed by atoms with van der Waals surface area (Å²) in [6, 6.07) is 17.2. The molecule has 40 heavy (non-hydrogen) atoms. The first-order valence-corrected chi connectivity index (χ1v) is 17.2. The molecule has 0 heterocycles. The molecule has 0 N–H and O–H groups in total. The van der Waals surface area contributed by atoms with E-state index >= 15 is 0 Å². The Hall–Kier alpha value is -1.96. The quantitative estimate of drug-likeness (QED) is 0.184. The van der Waals surface area contributed by atoms with Crippen LogP contribution in [-0.2, 0) is 0 Å². The lowest BCUT2D eigenvalue weighted by atomic mass is 9.78. The van der Waals surface area contributed by atoms with E-state index in [1.807, 2.05) is 0 Å². The zero-order valence-corrected chi connectivity index (χ0v) is 25.9. The van der Waals surface area contributed by atoms with Gasteiger partial charge in [-0.3, -0.25) is 0 Å². The van der Waals surface area contributed by atoms with Crippen LogP contribution >= 0.6 is 0 Å². The van der Waals surface area contributed by atoms with Gasteiger partial charge >= 0.3 is 0 Å².